The minimum atomic E-state index is -1.23. The Morgan fingerprint density at radius 3 is 1.21 bits per heavy atom. The van der Waals surface area contributed by atoms with Gasteiger partial charge in [-0.05, 0) is 31.2 Å². The zero-order chi connectivity index (χ0) is 25.5. The van der Waals surface area contributed by atoms with Crippen LogP contribution < -0.4 is 9.80 Å². The molecule has 0 aliphatic heterocycles. The Morgan fingerprint density at radius 2 is 1.00 bits per heavy atom. The Morgan fingerprint density at radius 1 is 0.735 bits per heavy atom. The smallest absolute Gasteiger partial charge is 0.332 e. The summed E-state index contributed by atoms with van der Waals surface area (Å²) in [6.07, 6.45) is -1.23. The predicted octanol–water partition coefficient (Wildman–Crippen LogP) is 0.137. The molecule has 1 unspecified atom stereocenters. The second-order valence-electron chi connectivity index (χ2n) is 7.35. The van der Waals surface area contributed by atoms with Gasteiger partial charge in [0.2, 0.25) is 0 Å². The van der Waals surface area contributed by atoms with Crippen molar-refractivity contribution < 1.29 is 35.4 Å². The van der Waals surface area contributed by atoms with E-state index in [0.29, 0.717) is 31.9 Å². The summed E-state index contributed by atoms with van der Waals surface area (Å²) in [4.78, 5) is 13.2. The Labute approximate surface area is 199 Å². The fourth-order valence-electron chi connectivity index (χ4n) is 3.07. The van der Waals surface area contributed by atoms with E-state index in [9.17, 15) is 4.79 Å². The molecule has 1 atom stereocenters. The van der Waals surface area contributed by atoms with Crippen molar-refractivity contribution in [1.29, 1.82) is 5.41 Å². The summed E-state index contributed by atoms with van der Waals surface area (Å²) in [7, 11) is 0. The number of carboxylic acid groups (broad SMARTS) is 1. The van der Waals surface area contributed by atoms with Crippen molar-refractivity contribution in [3.8, 4) is 0 Å². The molecular formula is C24H35N3O7. The van der Waals surface area contributed by atoms with Crippen LogP contribution in [0, 0.1) is 5.41 Å². The third kappa shape index (κ3) is 9.46. The third-order valence-electron chi connectivity index (χ3n) is 4.88. The van der Waals surface area contributed by atoms with Crippen molar-refractivity contribution in [2.24, 2.45) is 0 Å². The normalized spacial score (nSPS) is 11.2. The number of aliphatic hydroxyl groups excluding tert-OH is 5. The number of benzene rings is 2. The number of carboxylic acids is 1. The van der Waals surface area contributed by atoms with Gasteiger partial charge < -0.3 is 40.4 Å². The van der Waals surface area contributed by atoms with E-state index in [0.717, 1.165) is 22.5 Å². The highest BCUT2D eigenvalue weighted by molar-refractivity contribution is 6.11. The first-order valence-electron chi connectivity index (χ1n) is 10.9. The molecule has 10 heteroatoms. The van der Waals surface area contributed by atoms with Crippen LogP contribution >= 0.6 is 0 Å². The second-order valence-corrected chi connectivity index (χ2v) is 7.35. The lowest BCUT2D eigenvalue weighted by Gasteiger charge is -2.23. The average molecular weight is 478 g/mol. The number of carbonyl (C=O) groups is 1. The highest BCUT2D eigenvalue weighted by Gasteiger charge is 2.10. The number of hydrogen-bond donors (Lipinski definition) is 7. The number of hydrogen-bond acceptors (Lipinski definition) is 9. The molecule has 2 aromatic carbocycles. The van der Waals surface area contributed by atoms with Gasteiger partial charge in [-0.2, -0.15) is 0 Å². The molecule has 0 spiro atoms. The minimum absolute atomic E-state index is 0.00744. The van der Waals surface area contributed by atoms with Gasteiger partial charge in [0.15, 0.2) is 0 Å². The third-order valence-corrected chi connectivity index (χ3v) is 4.88. The molecule has 2 rings (SSSR count). The van der Waals surface area contributed by atoms with Crippen molar-refractivity contribution in [3.05, 3.63) is 59.7 Å². The number of aliphatic hydroxyl groups is 5. The molecule has 0 aliphatic rings. The zero-order valence-corrected chi connectivity index (χ0v) is 19.3. The summed E-state index contributed by atoms with van der Waals surface area (Å²) in [5, 5.41) is 60.9. The second kappa shape index (κ2) is 15.8. The van der Waals surface area contributed by atoms with Crippen LogP contribution in [0.2, 0.25) is 0 Å². The van der Waals surface area contributed by atoms with E-state index in [-0.39, 0.29) is 26.4 Å². The molecule has 0 heterocycles. The largest absolute Gasteiger partial charge is 0.479 e. The molecule has 10 nitrogen and oxygen atoms in total. The Bertz CT molecular complexity index is 784. The summed E-state index contributed by atoms with van der Waals surface area (Å²) >= 11 is 0. The van der Waals surface area contributed by atoms with Crippen LogP contribution in [-0.4, -0.2) is 101 Å². The maximum Gasteiger partial charge on any atom is 0.332 e. The van der Waals surface area contributed by atoms with Crippen LogP contribution in [0.1, 0.15) is 18.1 Å². The van der Waals surface area contributed by atoms with Gasteiger partial charge in [-0.25, -0.2) is 4.79 Å². The summed E-state index contributed by atoms with van der Waals surface area (Å²) in [6, 6.07) is 15.0. The summed E-state index contributed by atoms with van der Waals surface area (Å²) in [5.74, 6) is -1.19. The molecule has 34 heavy (non-hydrogen) atoms. The van der Waals surface area contributed by atoms with Gasteiger partial charge in [0.05, 0.1) is 32.1 Å². The molecular weight excluding hydrogens is 442 g/mol. The van der Waals surface area contributed by atoms with E-state index in [1.54, 1.807) is 0 Å². The quantitative estimate of drug-likeness (QED) is 0.198. The maximum atomic E-state index is 9.45. The number of rotatable bonds is 13. The number of nitrogens with one attached hydrogen (secondary N) is 1. The maximum absolute atomic E-state index is 9.45. The Kier molecular flexibility index (Phi) is 13.4. The highest BCUT2D eigenvalue weighted by atomic mass is 16.4. The van der Waals surface area contributed by atoms with E-state index in [1.807, 2.05) is 58.3 Å². The lowest BCUT2D eigenvalue weighted by atomic mass is 10.0. The predicted molar refractivity (Wildman–Crippen MR) is 131 cm³/mol. The van der Waals surface area contributed by atoms with Crippen LogP contribution in [0.15, 0.2) is 48.5 Å². The molecule has 0 saturated carbocycles. The van der Waals surface area contributed by atoms with Crippen molar-refractivity contribution in [2.75, 3.05) is 62.4 Å². The Balaban J connectivity index is 0.000000852. The van der Waals surface area contributed by atoms with Gasteiger partial charge in [-0.15, -0.1) is 0 Å². The van der Waals surface area contributed by atoms with Gasteiger partial charge in [0, 0.05) is 48.7 Å². The molecule has 0 aromatic heterocycles. The first kappa shape index (κ1) is 29.0. The van der Waals surface area contributed by atoms with Gasteiger partial charge in [0.1, 0.15) is 6.10 Å². The van der Waals surface area contributed by atoms with Crippen LogP contribution in [0.5, 0.6) is 0 Å². The SMILES string of the molecule is CC(O)C(=O)O.N=C(c1ccc(N(CCO)CCO)cc1)c1ccc(N(CCO)CCO)cc1. The van der Waals surface area contributed by atoms with Crippen LogP contribution in [0.4, 0.5) is 11.4 Å². The molecule has 2 aromatic rings. The van der Waals surface area contributed by atoms with E-state index >= 15 is 0 Å². The van der Waals surface area contributed by atoms with Gasteiger partial charge in [-0.1, -0.05) is 24.3 Å². The molecule has 0 fully saturated rings. The Hall–Kier alpha value is -3.02. The molecule has 0 bridgehead atoms. The monoisotopic (exact) mass is 477 g/mol. The van der Waals surface area contributed by atoms with Gasteiger partial charge in [0.25, 0.3) is 0 Å². The van der Waals surface area contributed by atoms with Crippen molar-refractivity contribution in [1.82, 2.24) is 0 Å². The lowest BCUT2D eigenvalue weighted by molar-refractivity contribution is -0.145. The topological polar surface area (TPSA) is 169 Å². The molecule has 0 radical (unpaired) electrons. The number of nitrogens with zero attached hydrogens (tertiary/aromatic N) is 2. The molecule has 0 amide bonds. The van der Waals surface area contributed by atoms with Crippen LogP contribution in [0.25, 0.3) is 0 Å². The van der Waals surface area contributed by atoms with Crippen LogP contribution in [-0.2, 0) is 4.79 Å². The standard InChI is InChI=1S/C21H29N3O4.C3H6O3/c22-21(17-1-5-19(6-2-17)23(9-13-25)10-14-26)18-3-7-20(8-4-18)24(11-15-27)12-16-28;1-2(4)3(5)6/h1-8,22,25-28H,9-16H2;2,4H,1H3,(H,5,6). The van der Waals surface area contributed by atoms with Crippen LogP contribution in [0.3, 0.4) is 0 Å². The van der Waals surface area contributed by atoms with E-state index in [4.69, 9.17) is 36.0 Å². The van der Waals surface area contributed by atoms with E-state index in [1.165, 1.54) is 6.92 Å². The average Bonchev–Trinajstić information content (AvgIpc) is 2.84. The highest BCUT2D eigenvalue weighted by Crippen LogP contribution is 2.20. The van der Waals surface area contributed by atoms with E-state index < -0.39 is 12.1 Å². The van der Waals surface area contributed by atoms with E-state index in [2.05, 4.69) is 0 Å². The zero-order valence-electron chi connectivity index (χ0n) is 19.3. The summed E-state index contributed by atoms with van der Waals surface area (Å²) in [6.45, 7) is 2.99. The summed E-state index contributed by atoms with van der Waals surface area (Å²) < 4.78 is 0. The first-order valence-corrected chi connectivity index (χ1v) is 10.9. The molecule has 188 valence electrons. The fourth-order valence-corrected chi connectivity index (χ4v) is 3.07. The number of anilines is 2. The van der Waals surface area contributed by atoms with Crippen molar-refractivity contribution >= 4 is 23.1 Å². The lowest BCUT2D eigenvalue weighted by Crippen LogP contribution is -2.29. The first-order chi connectivity index (χ1) is 16.3. The fraction of sp³-hybridized carbons (Fsp3) is 0.417. The molecule has 0 aliphatic carbocycles. The van der Waals surface area contributed by atoms with Crippen molar-refractivity contribution in [2.45, 2.75) is 13.0 Å². The molecule has 0 saturated heterocycles. The van der Waals surface area contributed by atoms with Crippen molar-refractivity contribution in [3.63, 3.8) is 0 Å². The van der Waals surface area contributed by atoms with Gasteiger partial charge >= 0.3 is 5.97 Å². The number of aliphatic carboxylic acids is 1. The van der Waals surface area contributed by atoms with Gasteiger partial charge in [-0.3, -0.25) is 5.41 Å². The molecule has 7 N–H and O–H groups in total. The minimum Gasteiger partial charge on any atom is -0.479 e. The summed E-state index contributed by atoms with van der Waals surface area (Å²) in [5.41, 5.74) is 3.71.